The van der Waals surface area contributed by atoms with Gasteiger partial charge in [-0.25, -0.2) is 0 Å². The summed E-state index contributed by atoms with van der Waals surface area (Å²) in [5, 5.41) is 6.58. The van der Waals surface area contributed by atoms with Gasteiger partial charge in [-0.2, -0.15) is 0 Å². The molecule has 1 aromatic carbocycles. The Kier molecular flexibility index (Phi) is 7.89. The third-order valence-corrected chi connectivity index (χ3v) is 4.47. The Morgan fingerprint density at radius 2 is 1.75 bits per heavy atom. The van der Waals surface area contributed by atoms with Crippen molar-refractivity contribution in [2.45, 2.75) is 33.2 Å². The summed E-state index contributed by atoms with van der Waals surface area (Å²) in [5.74, 6) is 2.57. The number of likely N-dealkylation sites (tertiary alicyclic amines) is 1. The number of methoxy groups -OCH3 is 1. The van der Waals surface area contributed by atoms with Gasteiger partial charge in [0.05, 0.1) is 7.11 Å². The predicted octanol–water partition coefficient (Wildman–Crippen LogP) is 2.48. The number of ether oxygens (including phenoxy) is 1. The molecule has 5 nitrogen and oxygen atoms in total. The van der Waals surface area contributed by atoms with E-state index < -0.39 is 0 Å². The molecule has 0 atom stereocenters. The minimum Gasteiger partial charge on any atom is -0.497 e. The molecule has 0 saturated carbocycles. The van der Waals surface area contributed by atoms with Crippen molar-refractivity contribution in [3.8, 4) is 5.75 Å². The van der Waals surface area contributed by atoms with Crippen molar-refractivity contribution >= 4 is 5.96 Å². The fourth-order valence-electron chi connectivity index (χ4n) is 3.05. The third kappa shape index (κ3) is 6.04. The topological polar surface area (TPSA) is 48.9 Å². The molecule has 1 heterocycles. The Morgan fingerprint density at radius 1 is 1.12 bits per heavy atom. The molecule has 24 heavy (non-hydrogen) atoms. The first kappa shape index (κ1) is 18.6. The van der Waals surface area contributed by atoms with E-state index in [1.54, 1.807) is 7.11 Å². The normalized spacial score (nSPS) is 15.8. The SMILES string of the molecule is CCNC(=NCC1CCN(Cc2ccc(OC)cc2)CC1)NCC. The Bertz CT molecular complexity index is 485. The van der Waals surface area contributed by atoms with Crippen molar-refractivity contribution in [1.29, 1.82) is 0 Å². The summed E-state index contributed by atoms with van der Waals surface area (Å²) < 4.78 is 5.22. The van der Waals surface area contributed by atoms with E-state index in [0.717, 1.165) is 51.0 Å². The number of guanidine groups is 1. The highest BCUT2D eigenvalue weighted by atomic mass is 16.5. The first-order chi connectivity index (χ1) is 11.7. The average Bonchev–Trinajstić information content (AvgIpc) is 2.62. The van der Waals surface area contributed by atoms with Gasteiger partial charge < -0.3 is 15.4 Å². The fraction of sp³-hybridized carbons (Fsp3) is 0.632. The van der Waals surface area contributed by atoms with Crippen LogP contribution in [0.3, 0.4) is 0 Å². The van der Waals surface area contributed by atoms with Gasteiger partial charge in [-0.15, -0.1) is 0 Å². The van der Waals surface area contributed by atoms with Crippen molar-refractivity contribution in [1.82, 2.24) is 15.5 Å². The van der Waals surface area contributed by atoms with Crippen LogP contribution in [0.4, 0.5) is 0 Å². The first-order valence-electron chi connectivity index (χ1n) is 9.12. The Labute approximate surface area is 146 Å². The molecule has 2 N–H and O–H groups in total. The van der Waals surface area contributed by atoms with Gasteiger partial charge in [0.25, 0.3) is 0 Å². The first-order valence-corrected chi connectivity index (χ1v) is 9.12. The van der Waals surface area contributed by atoms with E-state index in [-0.39, 0.29) is 0 Å². The summed E-state index contributed by atoms with van der Waals surface area (Å²) in [6.07, 6.45) is 2.45. The van der Waals surface area contributed by atoms with Gasteiger partial charge in [0.2, 0.25) is 0 Å². The number of hydrogen-bond acceptors (Lipinski definition) is 3. The molecule has 1 saturated heterocycles. The monoisotopic (exact) mass is 332 g/mol. The van der Waals surface area contributed by atoms with Crippen LogP contribution in [-0.4, -0.2) is 50.7 Å². The lowest BCUT2D eigenvalue weighted by Gasteiger charge is -2.31. The van der Waals surface area contributed by atoms with Gasteiger partial charge in [0.15, 0.2) is 5.96 Å². The van der Waals surface area contributed by atoms with Crippen LogP contribution in [0.25, 0.3) is 0 Å². The molecule has 1 fully saturated rings. The maximum absolute atomic E-state index is 5.22. The zero-order valence-electron chi connectivity index (χ0n) is 15.3. The molecule has 0 unspecified atom stereocenters. The second-order valence-corrected chi connectivity index (χ2v) is 6.32. The van der Waals surface area contributed by atoms with Gasteiger partial charge in [-0.05, 0) is 63.4 Å². The Balaban J connectivity index is 1.75. The highest BCUT2D eigenvalue weighted by Crippen LogP contribution is 2.20. The molecule has 0 spiro atoms. The molecule has 1 aliphatic heterocycles. The lowest BCUT2D eigenvalue weighted by Crippen LogP contribution is -2.38. The molecule has 0 radical (unpaired) electrons. The Hall–Kier alpha value is -1.75. The average molecular weight is 332 g/mol. The van der Waals surface area contributed by atoms with Crippen LogP contribution in [0, 0.1) is 5.92 Å². The number of piperidine rings is 1. The molecular formula is C19H32N4O. The van der Waals surface area contributed by atoms with E-state index in [0.29, 0.717) is 5.92 Å². The van der Waals surface area contributed by atoms with Crippen LogP contribution in [0.1, 0.15) is 32.3 Å². The molecule has 134 valence electrons. The second kappa shape index (κ2) is 10.2. The van der Waals surface area contributed by atoms with Crippen LogP contribution in [-0.2, 0) is 6.54 Å². The summed E-state index contributed by atoms with van der Waals surface area (Å²) in [4.78, 5) is 7.26. The molecule has 5 heteroatoms. The van der Waals surface area contributed by atoms with E-state index in [4.69, 9.17) is 9.73 Å². The molecule has 1 aromatic rings. The number of rotatable bonds is 7. The number of aliphatic imine (C=N–C) groups is 1. The molecule has 0 aromatic heterocycles. The van der Waals surface area contributed by atoms with Gasteiger partial charge >= 0.3 is 0 Å². The zero-order valence-corrected chi connectivity index (χ0v) is 15.3. The Morgan fingerprint density at radius 3 is 2.29 bits per heavy atom. The van der Waals surface area contributed by atoms with Gasteiger partial charge in [-0.1, -0.05) is 12.1 Å². The van der Waals surface area contributed by atoms with E-state index in [2.05, 4.69) is 41.5 Å². The summed E-state index contributed by atoms with van der Waals surface area (Å²) in [5.41, 5.74) is 1.36. The van der Waals surface area contributed by atoms with E-state index in [1.807, 2.05) is 12.1 Å². The van der Waals surface area contributed by atoms with E-state index in [1.165, 1.54) is 18.4 Å². The maximum Gasteiger partial charge on any atom is 0.191 e. The minimum atomic E-state index is 0.699. The number of nitrogens with one attached hydrogen (secondary N) is 2. The second-order valence-electron chi connectivity index (χ2n) is 6.32. The minimum absolute atomic E-state index is 0.699. The van der Waals surface area contributed by atoms with Crippen LogP contribution < -0.4 is 15.4 Å². The van der Waals surface area contributed by atoms with Crippen molar-refractivity contribution in [3.05, 3.63) is 29.8 Å². The van der Waals surface area contributed by atoms with E-state index >= 15 is 0 Å². The zero-order chi connectivity index (χ0) is 17.2. The highest BCUT2D eigenvalue weighted by molar-refractivity contribution is 5.79. The standard InChI is InChI=1S/C19H32N4O/c1-4-20-19(21-5-2)22-14-16-10-12-23(13-11-16)15-17-6-8-18(24-3)9-7-17/h6-9,16H,4-5,10-15H2,1-3H3,(H2,20,21,22). The van der Waals surface area contributed by atoms with E-state index in [9.17, 15) is 0 Å². The quantitative estimate of drug-likeness (QED) is 0.595. The predicted molar refractivity (Wildman–Crippen MR) is 101 cm³/mol. The van der Waals surface area contributed by atoms with Crippen molar-refractivity contribution < 1.29 is 4.74 Å². The highest BCUT2D eigenvalue weighted by Gasteiger charge is 2.19. The van der Waals surface area contributed by atoms with Crippen LogP contribution in [0.5, 0.6) is 5.75 Å². The molecule has 2 rings (SSSR count). The number of hydrogen-bond donors (Lipinski definition) is 2. The van der Waals surface area contributed by atoms with Gasteiger partial charge in [0, 0.05) is 26.2 Å². The summed E-state index contributed by atoms with van der Waals surface area (Å²) in [6, 6.07) is 8.40. The molecule has 1 aliphatic rings. The van der Waals surface area contributed by atoms with Gasteiger partial charge in [0.1, 0.15) is 5.75 Å². The van der Waals surface area contributed by atoms with Gasteiger partial charge in [-0.3, -0.25) is 9.89 Å². The van der Waals surface area contributed by atoms with Crippen LogP contribution in [0.2, 0.25) is 0 Å². The number of nitrogens with zero attached hydrogens (tertiary/aromatic N) is 2. The molecule has 0 aliphatic carbocycles. The van der Waals surface area contributed by atoms with Crippen molar-refractivity contribution in [2.75, 3.05) is 39.8 Å². The molecule has 0 bridgehead atoms. The van der Waals surface area contributed by atoms with Crippen molar-refractivity contribution in [2.24, 2.45) is 10.9 Å². The van der Waals surface area contributed by atoms with Crippen LogP contribution in [0.15, 0.2) is 29.3 Å². The number of benzene rings is 1. The lowest BCUT2D eigenvalue weighted by molar-refractivity contribution is 0.180. The molecular weight excluding hydrogens is 300 g/mol. The van der Waals surface area contributed by atoms with Crippen LogP contribution >= 0.6 is 0 Å². The fourth-order valence-corrected chi connectivity index (χ4v) is 3.05. The molecule has 0 amide bonds. The summed E-state index contributed by atoms with van der Waals surface area (Å²) in [6.45, 7) is 10.3. The smallest absolute Gasteiger partial charge is 0.191 e. The van der Waals surface area contributed by atoms with Crippen molar-refractivity contribution in [3.63, 3.8) is 0 Å². The lowest BCUT2D eigenvalue weighted by atomic mass is 9.96. The largest absolute Gasteiger partial charge is 0.497 e. The maximum atomic E-state index is 5.22. The summed E-state index contributed by atoms with van der Waals surface area (Å²) >= 11 is 0. The summed E-state index contributed by atoms with van der Waals surface area (Å²) in [7, 11) is 1.71. The third-order valence-electron chi connectivity index (χ3n) is 4.47.